The van der Waals surface area contributed by atoms with Gasteiger partial charge in [-0.3, -0.25) is 0 Å². The molecule has 2 saturated carbocycles. The van der Waals surface area contributed by atoms with Gasteiger partial charge in [-0.05, 0) is 87.0 Å². The number of nitrogens with zero attached hydrogens (tertiary/aromatic N) is 1. The fourth-order valence-electron chi connectivity index (χ4n) is 6.11. The molecule has 27 heavy (non-hydrogen) atoms. The van der Waals surface area contributed by atoms with Crippen LogP contribution in [-0.2, 0) is 9.47 Å². The molecule has 0 aromatic heterocycles. The van der Waals surface area contributed by atoms with Gasteiger partial charge in [0.2, 0.25) is 0 Å². The molecular formula is C23H31NO3. The predicted octanol–water partition coefficient (Wildman–Crippen LogP) is 4.52. The molecule has 4 aliphatic rings. The Kier molecular flexibility index (Phi) is 4.63. The van der Waals surface area contributed by atoms with E-state index in [0.29, 0.717) is 23.6 Å². The maximum atomic E-state index is 12.1. The molecule has 3 atom stereocenters. The van der Waals surface area contributed by atoms with E-state index in [1.807, 2.05) is 6.07 Å². The molecule has 1 aromatic carbocycles. The van der Waals surface area contributed by atoms with Crippen LogP contribution in [0.1, 0.15) is 73.2 Å². The third kappa shape index (κ3) is 2.97. The molecule has 1 aromatic rings. The lowest BCUT2D eigenvalue weighted by atomic mass is 9.69. The zero-order valence-electron chi connectivity index (χ0n) is 16.4. The number of carbonyl (C=O) groups is 1. The lowest BCUT2D eigenvalue weighted by Gasteiger charge is -2.45. The third-order valence-electron chi connectivity index (χ3n) is 7.74. The van der Waals surface area contributed by atoms with Crippen molar-refractivity contribution < 1.29 is 14.3 Å². The van der Waals surface area contributed by atoms with E-state index in [4.69, 9.17) is 9.47 Å². The number of carbonyl (C=O) groups excluding carboxylic acids is 1. The fraction of sp³-hybridized carbons (Fsp3) is 0.696. The van der Waals surface area contributed by atoms with Gasteiger partial charge in [-0.1, -0.05) is 0 Å². The normalized spacial score (nSPS) is 31.1. The molecule has 3 fully saturated rings. The van der Waals surface area contributed by atoms with Crippen molar-refractivity contribution in [2.45, 2.75) is 69.4 Å². The largest absolute Gasteiger partial charge is 0.465 e. The second-order valence-corrected chi connectivity index (χ2v) is 8.95. The van der Waals surface area contributed by atoms with Crippen LogP contribution >= 0.6 is 0 Å². The Labute approximate surface area is 162 Å². The van der Waals surface area contributed by atoms with Crippen LogP contribution in [0.4, 0.5) is 5.69 Å². The summed E-state index contributed by atoms with van der Waals surface area (Å²) in [7, 11) is 1.47. The van der Waals surface area contributed by atoms with Crippen molar-refractivity contribution in [3.05, 3.63) is 29.3 Å². The van der Waals surface area contributed by atoms with E-state index in [9.17, 15) is 4.79 Å². The smallest absolute Gasteiger partial charge is 0.337 e. The van der Waals surface area contributed by atoms with Gasteiger partial charge in [-0.15, -0.1) is 0 Å². The Bertz CT molecular complexity index is 708. The zero-order valence-corrected chi connectivity index (χ0v) is 16.4. The van der Waals surface area contributed by atoms with Gasteiger partial charge in [0.15, 0.2) is 0 Å². The summed E-state index contributed by atoms with van der Waals surface area (Å²) in [6, 6.07) is 7.64. The summed E-state index contributed by atoms with van der Waals surface area (Å²) in [5.41, 5.74) is 3.51. The third-order valence-corrected chi connectivity index (χ3v) is 7.74. The van der Waals surface area contributed by atoms with Crippen molar-refractivity contribution in [2.24, 2.45) is 11.8 Å². The van der Waals surface area contributed by atoms with Crippen LogP contribution in [0.15, 0.2) is 18.2 Å². The first-order chi connectivity index (χ1) is 13.3. The van der Waals surface area contributed by atoms with E-state index in [-0.39, 0.29) is 5.97 Å². The van der Waals surface area contributed by atoms with E-state index in [0.717, 1.165) is 25.0 Å². The van der Waals surface area contributed by atoms with E-state index < -0.39 is 0 Å². The quantitative estimate of drug-likeness (QED) is 0.734. The van der Waals surface area contributed by atoms with Crippen LogP contribution < -0.4 is 4.90 Å². The van der Waals surface area contributed by atoms with E-state index in [1.54, 1.807) is 0 Å². The Morgan fingerprint density at radius 2 is 1.89 bits per heavy atom. The number of hydrogen-bond acceptors (Lipinski definition) is 4. The number of hydrogen-bond donors (Lipinski definition) is 0. The van der Waals surface area contributed by atoms with Crippen molar-refractivity contribution in [3.63, 3.8) is 0 Å². The van der Waals surface area contributed by atoms with Gasteiger partial charge >= 0.3 is 5.97 Å². The molecular weight excluding hydrogens is 338 g/mol. The Balaban J connectivity index is 1.46. The van der Waals surface area contributed by atoms with Gasteiger partial charge < -0.3 is 14.4 Å². The molecule has 2 heterocycles. The minimum atomic E-state index is -0.215. The first-order valence-electron chi connectivity index (χ1n) is 10.8. The number of benzene rings is 1. The molecule has 0 bridgehead atoms. The minimum Gasteiger partial charge on any atom is -0.465 e. The van der Waals surface area contributed by atoms with Gasteiger partial charge in [0.25, 0.3) is 0 Å². The lowest BCUT2D eigenvalue weighted by molar-refractivity contribution is 0.0356. The van der Waals surface area contributed by atoms with Crippen molar-refractivity contribution in [1.29, 1.82) is 0 Å². The number of methoxy groups -OCH3 is 1. The highest BCUT2D eigenvalue weighted by Crippen LogP contribution is 2.53. The fourth-order valence-corrected chi connectivity index (χ4v) is 6.11. The lowest BCUT2D eigenvalue weighted by Crippen LogP contribution is -2.47. The highest BCUT2D eigenvalue weighted by atomic mass is 16.5. The molecule has 2 aliphatic heterocycles. The van der Waals surface area contributed by atoms with Gasteiger partial charge in [0, 0.05) is 36.9 Å². The molecule has 3 unspecified atom stereocenters. The summed E-state index contributed by atoms with van der Waals surface area (Å²) in [6.07, 6.45) is 10.4. The monoisotopic (exact) mass is 369 g/mol. The second-order valence-electron chi connectivity index (χ2n) is 8.95. The average molecular weight is 370 g/mol. The SMILES string of the molecule is COC(=O)c1ccc2c(c1)C1CC(C3CCOCC3)CCC1N2C1CCC1. The molecule has 146 valence electrons. The number of esters is 1. The predicted molar refractivity (Wildman–Crippen MR) is 105 cm³/mol. The topological polar surface area (TPSA) is 38.8 Å². The second kappa shape index (κ2) is 7.12. The molecule has 2 aliphatic carbocycles. The van der Waals surface area contributed by atoms with Gasteiger partial charge in [-0.2, -0.15) is 0 Å². The van der Waals surface area contributed by atoms with Crippen molar-refractivity contribution in [2.75, 3.05) is 25.2 Å². The molecule has 0 N–H and O–H groups in total. The highest BCUT2D eigenvalue weighted by Gasteiger charge is 2.47. The van der Waals surface area contributed by atoms with Crippen molar-refractivity contribution >= 4 is 11.7 Å². The highest BCUT2D eigenvalue weighted by molar-refractivity contribution is 5.90. The summed E-state index contributed by atoms with van der Waals surface area (Å²) in [5, 5.41) is 0. The molecule has 0 radical (unpaired) electrons. The number of ether oxygens (including phenoxy) is 2. The van der Waals surface area contributed by atoms with Crippen molar-refractivity contribution in [3.8, 4) is 0 Å². The van der Waals surface area contributed by atoms with Gasteiger partial charge in [0.1, 0.15) is 0 Å². The minimum absolute atomic E-state index is 0.215. The van der Waals surface area contributed by atoms with Crippen LogP contribution in [0.3, 0.4) is 0 Å². The number of rotatable bonds is 3. The van der Waals surface area contributed by atoms with Gasteiger partial charge in [0.05, 0.1) is 12.7 Å². The molecule has 5 rings (SSSR count). The maximum Gasteiger partial charge on any atom is 0.337 e. The van der Waals surface area contributed by atoms with E-state index >= 15 is 0 Å². The van der Waals surface area contributed by atoms with Crippen LogP contribution in [-0.4, -0.2) is 38.4 Å². The Morgan fingerprint density at radius 3 is 2.59 bits per heavy atom. The van der Waals surface area contributed by atoms with E-state index in [2.05, 4.69) is 17.0 Å². The number of anilines is 1. The van der Waals surface area contributed by atoms with Gasteiger partial charge in [-0.25, -0.2) is 4.79 Å². The molecule has 4 nitrogen and oxygen atoms in total. The summed E-state index contributed by atoms with van der Waals surface area (Å²) in [5.74, 6) is 2.00. The van der Waals surface area contributed by atoms with Crippen molar-refractivity contribution in [1.82, 2.24) is 0 Å². The summed E-state index contributed by atoms with van der Waals surface area (Å²) in [6.45, 7) is 1.87. The number of fused-ring (bicyclic) bond motifs is 3. The first kappa shape index (κ1) is 17.5. The summed E-state index contributed by atoms with van der Waals surface area (Å²) >= 11 is 0. The standard InChI is InChI=1S/C23H31NO3/c1-26-23(25)17-6-8-22-20(14-17)19-13-16(15-9-11-27-12-10-15)5-7-21(19)24(22)18-3-2-4-18/h6,8,14-16,18-19,21H,2-5,7,9-13H2,1H3. The van der Waals surface area contributed by atoms with Crippen LogP contribution in [0, 0.1) is 11.8 Å². The maximum absolute atomic E-state index is 12.1. The summed E-state index contributed by atoms with van der Waals surface area (Å²) < 4.78 is 10.6. The molecule has 0 spiro atoms. The van der Waals surface area contributed by atoms with E-state index in [1.165, 1.54) is 69.7 Å². The average Bonchev–Trinajstić information content (AvgIpc) is 3.00. The molecule has 4 heteroatoms. The van der Waals surface area contributed by atoms with Crippen LogP contribution in [0.5, 0.6) is 0 Å². The Morgan fingerprint density at radius 1 is 1.07 bits per heavy atom. The Hall–Kier alpha value is -1.55. The first-order valence-corrected chi connectivity index (χ1v) is 10.8. The van der Waals surface area contributed by atoms with Crippen LogP contribution in [0.2, 0.25) is 0 Å². The van der Waals surface area contributed by atoms with Crippen LogP contribution in [0.25, 0.3) is 0 Å². The zero-order chi connectivity index (χ0) is 18.4. The molecule has 0 amide bonds. The summed E-state index contributed by atoms with van der Waals surface area (Å²) in [4.78, 5) is 14.9. The molecule has 1 saturated heterocycles.